The topological polar surface area (TPSA) is 36.3 Å². The predicted octanol–water partition coefficient (Wildman–Crippen LogP) is 4.17. The summed E-state index contributed by atoms with van der Waals surface area (Å²) in [6.07, 6.45) is 0.937. The van der Waals surface area contributed by atoms with E-state index in [4.69, 9.17) is 21.6 Å². The fourth-order valence-corrected chi connectivity index (χ4v) is 3.13. The Kier molecular flexibility index (Phi) is 6.06. The van der Waals surface area contributed by atoms with Gasteiger partial charge in [0.05, 0.1) is 22.6 Å². The summed E-state index contributed by atoms with van der Waals surface area (Å²) in [4.78, 5) is 3.52. The van der Waals surface area contributed by atoms with Crippen LogP contribution in [0.15, 0.2) is 36.4 Å². The normalized spacial score (nSPS) is 10.6. The molecule has 0 atom stereocenters. The van der Waals surface area contributed by atoms with Crippen molar-refractivity contribution in [2.45, 2.75) is 13.0 Å². The number of thiophene rings is 1. The van der Waals surface area contributed by atoms with Crippen LogP contribution in [-0.2, 0) is 6.54 Å². The summed E-state index contributed by atoms with van der Waals surface area (Å²) in [6.45, 7) is 2.50. The highest BCUT2D eigenvalue weighted by Gasteiger charge is 2.03. The Morgan fingerprint density at radius 3 is 2.90 bits per heavy atom. The minimum absolute atomic E-state index is 0.624. The zero-order chi connectivity index (χ0) is 15.1. The van der Waals surface area contributed by atoms with Gasteiger partial charge in [0.1, 0.15) is 5.75 Å². The molecule has 0 fully saturated rings. The van der Waals surface area contributed by atoms with E-state index in [-0.39, 0.29) is 0 Å². The van der Waals surface area contributed by atoms with Crippen molar-refractivity contribution in [2.24, 2.45) is 0 Å². The number of ether oxygens (including phenoxy) is 1. The lowest BCUT2D eigenvalue weighted by molar-refractivity contribution is 0.260. The summed E-state index contributed by atoms with van der Waals surface area (Å²) >= 11 is 7.54. The molecule has 1 aromatic carbocycles. The van der Waals surface area contributed by atoms with E-state index in [9.17, 15) is 0 Å². The summed E-state index contributed by atoms with van der Waals surface area (Å²) in [5, 5.41) is 8.83. The maximum absolute atomic E-state index is 8.83. The Morgan fingerprint density at radius 1 is 1.33 bits per heavy atom. The van der Waals surface area contributed by atoms with Gasteiger partial charge >= 0.3 is 0 Å². The lowest BCUT2D eigenvalue weighted by Gasteiger charge is -2.15. The number of hydrogen-bond acceptors (Lipinski definition) is 4. The van der Waals surface area contributed by atoms with Gasteiger partial charge in [-0.2, -0.15) is 5.26 Å². The van der Waals surface area contributed by atoms with Crippen LogP contribution in [0.3, 0.4) is 0 Å². The van der Waals surface area contributed by atoms with E-state index < -0.39 is 0 Å². The van der Waals surface area contributed by atoms with Crippen LogP contribution in [0.1, 0.15) is 16.9 Å². The van der Waals surface area contributed by atoms with Crippen LogP contribution >= 0.6 is 22.9 Å². The average molecular weight is 321 g/mol. The molecular formula is C16H17ClN2OS. The number of benzene rings is 1. The number of nitrogens with zero attached hydrogens (tertiary/aromatic N) is 2. The Labute approximate surface area is 134 Å². The molecule has 0 unspecified atom stereocenters. The minimum atomic E-state index is 0.624. The van der Waals surface area contributed by atoms with Gasteiger partial charge in [0.25, 0.3) is 0 Å². The second-order valence-corrected chi connectivity index (χ2v) is 6.58. The molecule has 2 rings (SSSR count). The quantitative estimate of drug-likeness (QED) is 0.718. The first-order valence-electron chi connectivity index (χ1n) is 6.73. The Hall–Kier alpha value is -1.54. The Balaban J connectivity index is 1.68. The van der Waals surface area contributed by atoms with Crippen molar-refractivity contribution in [1.82, 2.24) is 4.90 Å². The van der Waals surface area contributed by atoms with Crippen molar-refractivity contribution in [3.05, 3.63) is 51.2 Å². The van der Waals surface area contributed by atoms with E-state index in [1.807, 2.05) is 18.2 Å². The van der Waals surface area contributed by atoms with Crippen LogP contribution in [0, 0.1) is 11.3 Å². The average Bonchev–Trinajstić information content (AvgIpc) is 2.89. The van der Waals surface area contributed by atoms with Crippen molar-refractivity contribution < 1.29 is 4.74 Å². The molecule has 0 spiro atoms. The molecule has 3 nitrogen and oxygen atoms in total. The predicted molar refractivity (Wildman–Crippen MR) is 86.9 cm³/mol. The van der Waals surface area contributed by atoms with E-state index in [1.54, 1.807) is 23.5 Å². The monoisotopic (exact) mass is 320 g/mol. The van der Waals surface area contributed by atoms with Crippen LogP contribution < -0.4 is 4.74 Å². The summed E-state index contributed by atoms with van der Waals surface area (Å²) < 4.78 is 6.49. The molecule has 0 radical (unpaired) electrons. The molecule has 0 amide bonds. The van der Waals surface area contributed by atoms with Crippen LogP contribution in [-0.4, -0.2) is 25.1 Å². The van der Waals surface area contributed by atoms with Gasteiger partial charge in [-0.1, -0.05) is 17.7 Å². The SMILES string of the molecule is CN(CCCOc1cccc(C#N)c1)Cc1ccc(Cl)s1. The van der Waals surface area contributed by atoms with Crippen molar-refractivity contribution in [1.29, 1.82) is 5.26 Å². The third kappa shape index (κ3) is 5.39. The Bertz CT molecular complexity index is 621. The molecule has 0 N–H and O–H groups in total. The van der Waals surface area contributed by atoms with E-state index in [0.29, 0.717) is 12.2 Å². The van der Waals surface area contributed by atoms with Crippen LogP contribution in [0.4, 0.5) is 0 Å². The summed E-state index contributed by atoms with van der Waals surface area (Å²) in [5.41, 5.74) is 0.624. The zero-order valence-corrected chi connectivity index (χ0v) is 13.5. The minimum Gasteiger partial charge on any atom is -0.494 e. The number of hydrogen-bond donors (Lipinski definition) is 0. The van der Waals surface area contributed by atoms with Crippen molar-refractivity contribution in [3.8, 4) is 11.8 Å². The summed E-state index contributed by atoms with van der Waals surface area (Å²) in [7, 11) is 2.09. The molecule has 0 aliphatic carbocycles. The maximum Gasteiger partial charge on any atom is 0.120 e. The largest absolute Gasteiger partial charge is 0.494 e. The highest BCUT2D eigenvalue weighted by molar-refractivity contribution is 7.16. The molecule has 5 heteroatoms. The molecule has 0 aliphatic rings. The van der Waals surface area contributed by atoms with E-state index in [0.717, 1.165) is 29.6 Å². The maximum atomic E-state index is 8.83. The van der Waals surface area contributed by atoms with Crippen molar-refractivity contribution in [3.63, 3.8) is 0 Å². The molecule has 1 heterocycles. The lowest BCUT2D eigenvalue weighted by Crippen LogP contribution is -2.20. The van der Waals surface area contributed by atoms with Crippen molar-refractivity contribution >= 4 is 22.9 Å². The summed E-state index contributed by atoms with van der Waals surface area (Å²) in [6, 6.07) is 13.3. The molecule has 0 bridgehead atoms. The molecule has 0 saturated carbocycles. The number of halogens is 1. The second kappa shape index (κ2) is 8.04. The molecule has 110 valence electrons. The van der Waals surface area contributed by atoms with Gasteiger partial charge < -0.3 is 9.64 Å². The number of rotatable bonds is 7. The third-order valence-electron chi connectivity index (χ3n) is 2.97. The van der Waals surface area contributed by atoms with Crippen molar-refractivity contribution in [2.75, 3.05) is 20.2 Å². The van der Waals surface area contributed by atoms with Crippen LogP contribution in [0.25, 0.3) is 0 Å². The molecule has 0 saturated heterocycles. The van der Waals surface area contributed by atoms with Gasteiger partial charge in [-0.25, -0.2) is 0 Å². The van der Waals surface area contributed by atoms with Gasteiger partial charge in [-0.15, -0.1) is 11.3 Å². The molecule has 1 aromatic heterocycles. The second-order valence-electron chi connectivity index (χ2n) is 4.79. The lowest BCUT2D eigenvalue weighted by atomic mass is 10.2. The number of nitriles is 1. The van der Waals surface area contributed by atoms with Gasteiger partial charge in [0.2, 0.25) is 0 Å². The molecule has 21 heavy (non-hydrogen) atoms. The van der Waals surface area contributed by atoms with E-state index in [1.165, 1.54) is 4.88 Å². The summed E-state index contributed by atoms with van der Waals surface area (Å²) in [5.74, 6) is 0.752. The van der Waals surface area contributed by atoms with Gasteiger partial charge in [-0.3, -0.25) is 0 Å². The first kappa shape index (κ1) is 15.8. The van der Waals surface area contributed by atoms with E-state index >= 15 is 0 Å². The molecular weight excluding hydrogens is 304 g/mol. The fourth-order valence-electron chi connectivity index (χ4n) is 1.96. The first-order valence-corrected chi connectivity index (χ1v) is 7.92. The first-order chi connectivity index (χ1) is 10.2. The fraction of sp³-hybridized carbons (Fsp3) is 0.312. The molecule has 2 aromatic rings. The standard InChI is InChI=1S/C16H17ClN2OS/c1-19(12-15-6-7-16(17)21-15)8-3-9-20-14-5-2-4-13(10-14)11-18/h2,4-7,10H,3,8-9,12H2,1H3. The highest BCUT2D eigenvalue weighted by atomic mass is 35.5. The zero-order valence-electron chi connectivity index (χ0n) is 11.9. The third-order valence-corrected chi connectivity index (χ3v) is 4.19. The Morgan fingerprint density at radius 2 is 2.19 bits per heavy atom. The van der Waals surface area contributed by atoms with Gasteiger partial charge in [0.15, 0.2) is 0 Å². The molecule has 0 aliphatic heterocycles. The van der Waals surface area contributed by atoms with Gasteiger partial charge in [0, 0.05) is 18.0 Å². The van der Waals surface area contributed by atoms with Crippen LogP contribution in [0.2, 0.25) is 4.34 Å². The smallest absolute Gasteiger partial charge is 0.120 e. The highest BCUT2D eigenvalue weighted by Crippen LogP contribution is 2.22. The van der Waals surface area contributed by atoms with E-state index in [2.05, 4.69) is 24.1 Å². The van der Waals surface area contributed by atoms with Gasteiger partial charge in [-0.05, 0) is 43.8 Å². The van der Waals surface area contributed by atoms with Crippen LogP contribution in [0.5, 0.6) is 5.75 Å².